The number of rotatable bonds is 5. The van der Waals surface area contributed by atoms with Gasteiger partial charge in [0.15, 0.2) is 5.82 Å². The third-order valence-corrected chi connectivity index (χ3v) is 7.60. The number of ether oxygens (including phenoxy) is 1. The van der Waals surface area contributed by atoms with Gasteiger partial charge < -0.3 is 21.1 Å². The van der Waals surface area contributed by atoms with Crippen molar-refractivity contribution in [3.8, 4) is 17.1 Å². The lowest BCUT2D eigenvalue weighted by Crippen LogP contribution is -2.46. The van der Waals surface area contributed by atoms with Gasteiger partial charge in [-0.1, -0.05) is 11.6 Å². The Hall–Kier alpha value is -2.64. The second-order valence-corrected chi connectivity index (χ2v) is 10.1. The van der Waals surface area contributed by atoms with E-state index in [1.54, 1.807) is 18.2 Å². The van der Waals surface area contributed by atoms with Crippen molar-refractivity contribution in [2.24, 2.45) is 11.3 Å². The Labute approximate surface area is 198 Å². The fourth-order valence-corrected chi connectivity index (χ4v) is 5.47. The molecule has 3 aromatic rings. The summed E-state index contributed by atoms with van der Waals surface area (Å²) in [6.45, 7) is 3.05. The number of likely N-dealkylation sites (tertiary alicyclic amines) is 1. The molecule has 2 aliphatic rings. The molecule has 5 rings (SSSR count). The van der Waals surface area contributed by atoms with E-state index in [2.05, 4.69) is 21.9 Å². The van der Waals surface area contributed by atoms with E-state index >= 15 is 0 Å². The SMILES string of the molecule is CN1CCC2(CC1)CC(CCOc1cc3nc(-c4ccc(F)c(Cl)c4)nc(N)c3cc1N)C2. The molecular formula is C25H29ClFN5O. The molecule has 0 unspecified atom stereocenters. The monoisotopic (exact) mass is 469 g/mol. The van der Waals surface area contributed by atoms with Crippen molar-refractivity contribution in [2.45, 2.75) is 32.1 Å². The highest BCUT2D eigenvalue weighted by Gasteiger charge is 2.44. The lowest BCUT2D eigenvalue weighted by atomic mass is 9.57. The Morgan fingerprint density at radius 1 is 1.15 bits per heavy atom. The summed E-state index contributed by atoms with van der Waals surface area (Å²) in [5.41, 5.74) is 14.7. The maximum atomic E-state index is 13.5. The van der Waals surface area contributed by atoms with Gasteiger partial charge in [0.2, 0.25) is 0 Å². The molecule has 2 heterocycles. The van der Waals surface area contributed by atoms with Gasteiger partial charge in [-0.05, 0) is 87.8 Å². The fourth-order valence-electron chi connectivity index (χ4n) is 5.29. The summed E-state index contributed by atoms with van der Waals surface area (Å²) < 4.78 is 19.6. The zero-order valence-electron chi connectivity index (χ0n) is 18.8. The third-order valence-electron chi connectivity index (χ3n) is 7.31. The molecule has 174 valence electrons. The van der Waals surface area contributed by atoms with Crippen molar-refractivity contribution in [1.29, 1.82) is 0 Å². The molecule has 4 N–H and O–H groups in total. The van der Waals surface area contributed by atoms with Gasteiger partial charge in [0.05, 0.1) is 22.8 Å². The minimum Gasteiger partial charge on any atom is -0.491 e. The summed E-state index contributed by atoms with van der Waals surface area (Å²) in [4.78, 5) is 11.4. The number of piperidine rings is 1. The normalized spacial score (nSPS) is 18.5. The number of hydrogen-bond acceptors (Lipinski definition) is 6. The van der Waals surface area contributed by atoms with Crippen molar-refractivity contribution in [2.75, 3.05) is 38.2 Å². The molecule has 2 fully saturated rings. The van der Waals surface area contributed by atoms with Gasteiger partial charge in [-0.3, -0.25) is 0 Å². The molecular weight excluding hydrogens is 441 g/mol. The zero-order valence-corrected chi connectivity index (χ0v) is 19.5. The van der Waals surface area contributed by atoms with Crippen LogP contribution < -0.4 is 16.2 Å². The maximum absolute atomic E-state index is 13.5. The van der Waals surface area contributed by atoms with Crippen LogP contribution in [0.5, 0.6) is 5.75 Å². The second-order valence-electron chi connectivity index (χ2n) is 9.68. The number of benzene rings is 2. The van der Waals surface area contributed by atoms with Crippen LogP contribution >= 0.6 is 11.6 Å². The van der Waals surface area contributed by atoms with Crippen molar-refractivity contribution >= 4 is 34.0 Å². The molecule has 1 saturated heterocycles. The van der Waals surface area contributed by atoms with Gasteiger partial charge in [-0.25, -0.2) is 14.4 Å². The van der Waals surface area contributed by atoms with E-state index in [9.17, 15) is 4.39 Å². The van der Waals surface area contributed by atoms with E-state index < -0.39 is 5.82 Å². The first kappa shape index (κ1) is 22.2. The highest BCUT2D eigenvalue weighted by atomic mass is 35.5. The summed E-state index contributed by atoms with van der Waals surface area (Å²) in [6.07, 6.45) is 6.29. The second kappa shape index (κ2) is 8.61. The maximum Gasteiger partial charge on any atom is 0.162 e. The molecule has 0 atom stereocenters. The smallest absolute Gasteiger partial charge is 0.162 e. The topological polar surface area (TPSA) is 90.3 Å². The zero-order chi connectivity index (χ0) is 23.2. The minimum absolute atomic E-state index is 0.00844. The van der Waals surface area contributed by atoms with E-state index in [4.69, 9.17) is 27.8 Å². The Morgan fingerprint density at radius 3 is 2.64 bits per heavy atom. The van der Waals surface area contributed by atoms with Gasteiger partial charge in [0.25, 0.3) is 0 Å². The molecule has 6 nitrogen and oxygen atoms in total. The number of halogens is 2. The molecule has 0 radical (unpaired) electrons. The molecule has 1 saturated carbocycles. The molecule has 1 aliphatic heterocycles. The first-order valence-corrected chi connectivity index (χ1v) is 11.8. The molecule has 33 heavy (non-hydrogen) atoms. The Morgan fingerprint density at radius 2 is 1.91 bits per heavy atom. The van der Waals surface area contributed by atoms with Crippen LogP contribution in [0.15, 0.2) is 30.3 Å². The number of anilines is 2. The summed E-state index contributed by atoms with van der Waals surface area (Å²) in [5, 5.41) is 0.661. The standard InChI is InChI=1S/C25H29ClFN5O/c1-32-7-5-25(6-8-32)13-15(14-25)4-9-33-22-12-21-17(11-20(22)28)23(29)31-24(30-21)16-2-3-19(27)18(26)10-16/h2-3,10-12,15H,4-9,13-14,28H2,1H3,(H2,29,30,31). The van der Waals surface area contributed by atoms with Crippen LogP contribution in [0, 0.1) is 17.2 Å². The van der Waals surface area contributed by atoms with Crippen LogP contribution in [0.3, 0.4) is 0 Å². The highest BCUT2D eigenvalue weighted by Crippen LogP contribution is 2.53. The number of nitrogens with two attached hydrogens (primary N) is 2. The molecule has 0 amide bonds. The van der Waals surface area contributed by atoms with Gasteiger partial charge in [-0.2, -0.15) is 0 Å². The minimum atomic E-state index is -0.495. The van der Waals surface area contributed by atoms with Crippen LogP contribution in [0.1, 0.15) is 32.1 Å². The summed E-state index contributed by atoms with van der Waals surface area (Å²) >= 11 is 5.92. The summed E-state index contributed by atoms with van der Waals surface area (Å²) in [7, 11) is 2.21. The lowest BCUT2D eigenvalue weighted by molar-refractivity contribution is -0.0144. The quantitative estimate of drug-likeness (QED) is 0.502. The van der Waals surface area contributed by atoms with Gasteiger partial charge >= 0.3 is 0 Å². The first-order valence-electron chi connectivity index (χ1n) is 11.5. The molecule has 8 heteroatoms. The van der Waals surface area contributed by atoms with Crippen LogP contribution in [0.25, 0.3) is 22.3 Å². The number of hydrogen-bond donors (Lipinski definition) is 2. The van der Waals surface area contributed by atoms with Crippen LogP contribution in [0.2, 0.25) is 5.02 Å². The van der Waals surface area contributed by atoms with Gasteiger partial charge in [-0.15, -0.1) is 0 Å². The number of nitrogen functional groups attached to an aromatic ring is 2. The van der Waals surface area contributed by atoms with Gasteiger partial charge in [0, 0.05) is 17.0 Å². The lowest BCUT2D eigenvalue weighted by Gasteiger charge is -2.52. The van der Waals surface area contributed by atoms with E-state index in [1.165, 1.54) is 50.9 Å². The fraction of sp³-hybridized carbons (Fsp3) is 0.440. The Bertz CT molecular complexity index is 1190. The van der Waals surface area contributed by atoms with Crippen molar-refractivity contribution in [3.63, 3.8) is 0 Å². The third kappa shape index (κ3) is 4.44. The van der Waals surface area contributed by atoms with E-state index in [1.807, 2.05) is 0 Å². The predicted molar refractivity (Wildman–Crippen MR) is 131 cm³/mol. The number of fused-ring (bicyclic) bond motifs is 1. The molecule has 2 aromatic carbocycles. The van der Waals surface area contributed by atoms with Crippen LogP contribution in [-0.4, -0.2) is 41.6 Å². The molecule has 1 aromatic heterocycles. The highest BCUT2D eigenvalue weighted by molar-refractivity contribution is 6.31. The van der Waals surface area contributed by atoms with Gasteiger partial charge in [0.1, 0.15) is 17.4 Å². The Balaban J connectivity index is 1.27. The number of aromatic nitrogens is 2. The summed E-state index contributed by atoms with van der Waals surface area (Å²) in [5.74, 6) is 1.49. The average molecular weight is 470 g/mol. The van der Waals surface area contributed by atoms with Crippen molar-refractivity contribution in [3.05, 3.63) is 41.2 Å². The first-order chi connectivity index (χ1) is 15.8. The molecule has 1 spiro atoms. The van der Waals surface area contributed by atoms with Crippen LogP contribution in [-0.2, 0) is 0 Å². The van der Waals surface area contributed by atoms with Crippen molar-refractivity contribution in [1.82, 2.24) is 14.9 Å². The average Bonchev–Trinajstić information content (AvgIpc) is 2.76. The molecule has 1 aliphatic carbocycles. The van der Waals surface area contributed by atoms with E-state index in [-0.39, 0.29) is 5.02 Å². The predicted octanol–water partition coefficient (Wildman–Crippen LogP) is 5.14. The van der Waals surface area contributed by atoms with E-state index in [0.717, 1.165) is 12.3 Å². The molecule has 0 bridgehead atoms. The Kier molecular flexibility index (Phi) is 5.79. The van der Waals surface area contributed by atoms with Crippen LogP contribution in [0.4, 0.5) is 15.9 Å². The largest absolute Gasteiger partial charge is 0.491 e. The summed E-state index contributed by atoms with van der Waals surface area (Å²) in [6, 6.07) is 7.90. The van der Waals surface area contributed by atoms with Crippen molar-refractivity contribution < 1.29 is 9.13 Å². The number of nitrogens with zero attached hydrogens (tertiary/aromatic N) is 3. The van der Waals surface area contributed by atoms with E-state index in [0.29, 0.717) is 51.6 Å².